The summed E-state index contributed by atoms with van der Waals surface area (Å²) in [7, 11) is -3.34. The van der Waals surface area contributed by atoms with Crippen molar-refractivity contribution < 1.29 is 18.3 Å². The van der Waals surface area contributed by atoms with Crippen LogP contribution in [0.15, 0.2) is 0 Å². The van der Waals surface area contributed by atoms with Gasteiger partial charge in [-0.2, -0.15) is 0 Å². The van der Waals surface area contributed by atoms with Crippen LogP contribution in [-0.2, 0) is 9.84 Å². The molecular weight excluding hydrogens is 196 g/mol. The molecule has 0 aromatic carbocycles. The Bertz CT molecular complexity index is 300. The summed E-state index contributed by atoms with van der Waals surface area (Å²) in [5, 5.41) is 10.6. The molecule has 0 aliphatic carbocycles. The predicted octanol–water partition coefficient (Wildman–Crippen LogP) is -1.06. The molecule has 0 aromatic heterocycles. The molecule has 0 bridgehead atoms. The van der Waals surface area contributed by atoms with Crippen LogP contribution in [0.3, 0.4) is 0 Å². The smallest absolute Gasteiger partial charge is 0.408 e. The number of amides is 1. The zero-order chi connectivity index (χ0) is 10.1. The molecule has 1 saturated heterocycles. The van der Waals surface area contributed by atoms with Crippen molar-refractivity contribution in [2.24, 2.45) is 0 Å². The van der Waals surface area contributed by atoms with Crippen molar-refractivity contribution in [2.45, 2.75) is 5.37 Å². The van der Waals surface area contributed by atoms with E-state index in [4.69, 9.17) is 5.11 Å². The summed E-state index contributed by atoms with van der Waals surface area (Å²) in [5.41, 5.74) is 0. The predicted molar refractivity (Wildman–Crippen MR) is 46.2 cm³/mol. The van der Waals surface area contributed by atoms with Gasteiger partial charge >= 0.3 is 6.09 Å². The molecule has 2 N–H and O–H groups in total. The highest BCUT2D eigenvalue weighted by Gasteiger charge is 2.33. The Morgan fingerprint density at radius 3 is 2.62 bits per heavy atom. The van der Waals surface area contributed by atoms with Gasteiger partial charge in [0.1, 0.15) is 5.37 Å². The lowest BCUT2D eigenvalue weighted by Gasteiger charge is -2.32. The van der Waals surface area contributed by atoms with Gasteiger partial charge in [-0.25, -0.2) is 13.2 Å². The summed E-state index contributed by atoms with van der Waals surface area (Å²) in [4.78, 5) is 11.6. The molecule has 1 aliphatic rings. The van der Waals surface area contributed by atoms with Gasteiger partial charge in [0.15, 0.2) is 9.84 Å². The topological polar surface area (TPSA) is 86.7 Å². The van der Waals surface area contributed by atoms with E-state index in [0.29, 0.717) is 6.54 Å². The van der Waals surface area contributed by atoms with Gasteiger partial charge in [0.05, 0.1) is 0 Å². The molecule has 6 nitrogen and oxygen atoms in total. The van der Waals surface area contributed by atoms with E-state index in [2.05, 4.69) is 5.32 Å². The summed E-state index contributed by atoms with van der Waals surface area (Å²) in [6, 6.07) is 0. The Morgan fingerprint density at radius 2 is 2.23 bits per heavy atom. The largest absolute Gasteiger partial charge is 0.465 e. The van der Waals surface area contributed by atoms with Crippen molar-refractivity contribution in [3.05, 3.63) is 0 Å². The molecule has 1 fully saturated rings. The zero-order valence-corrected chi connectivity index (χ0v) is 8.04. The van der Waals surface area contributed by atoms with Gasteiger partial charge in [0.25, 0.3) is 0 Å². The van der Waals surface area contributed by atoms with E-state index in [-0.39, 0.29) is 13.1 Å². The average Bonchev–Trinajstić information content (AvgIpc) is 2.03. The summed E-state index contributed by atoms with van der Waals surface area (Å²) in [6.07, 6.45) is -0.141. The fourth-order valence-corrected chi connectivity index (χ4v) is 2.36. The lowest BCUT2D eigenvalue weighted by molar-refractivity contribution is 0.130. The van der Waals surface area contributed by atoms with Crippen molar-refractivity contribution in [3.8, 4) is 0 Å². The van der Waals surface area contributed by atoms with Gasteiger partial charge in [0, 0.05) is 25.9 Å². The van der Waals surface area contributed by atoms with E-state index in [0.717, 1.165) is 11.2 Å². The van der Waals surface area contributed by atoms with Crippen LogP contribution in [0.4, 0.5) is 4.79 Å². The molecule has 1 aliphatic heterocycles. The first-order chi connectivity index (χ1) is 5.93. The van der Waals surface area contributed by atoms with Crippen molar-refractivity contribution in [1.29, 1.82) is 0 Å². The van der Waals surface area contributed by atoms with Crippen molar-refractivity contribution in [2.75, 3.05) is 25.9 Å². The second kappa shape index (κ2) is 3.51. The van der Waals surface area contributed by atoms with Crippen LogP contribution in [-0.4, -0.2) is 55.8 Å². The number of nitrogens with zero attached hydrogens (tertiary/aromatic N) is 1. The van der Waals surface area contributed by atoms with Crippen LogP contribution in [0.1, 0.15) is 0 Å². The molecule has 1 unspecified atom stereocenters. The van der Waals surface area contributed by atoms with Crippen molar-refractivity contribution in [3.63, 3.8) is 0 Å². The molecule has 0 saturated carbocycles. The Morgan fingerprint density at radius 1 is 1.62 bits per heavy atom. The van der Waals surface area contributed by atoms with Gasteiger partial charge in [0.2, 0.25) is 0 Å². The normalized spacial score (nSPS) is 24.4. The number of piperazine rings is 1. The summed E-state index contributed by atoms with van der Waals surface area (Å²) in [6.45, 7) is 0.885. The number of hydrogen-bond donors (Lipinski definition) is 2. The molecule has 0 radical (unpaired) electrons. The molecule has 0 spiro atoms. The highest BCUT2D eigenvalue weighted by molar-refractivity contribution is 7.91. The lowest BCUT2D eigenvalue weighted by Crippen LogP contribution is -2.56. The molecule has 0 aromatic rings. The number of rotatable bonds is 1. The molecule has 1 amide bonds. The molecule has 1 atom stereocenters. The van der Waals surface area contributed by atoms with Gasteiger partial charge in [-0.3, -0.25) is 4.90 Å². The SMILES string of the molecule is CS(=O)(=O)C1CNCCN1C(=O)O. The summed E-state index contributed by atoms with van der Waals surface area (Å²) in [5.74, 6) is 0. The number of hydrogen-bond acceptors (Lipinski definition) is 4. The van der Waals surface area contributed by atoms with E-state index < -0.39 is 21.3 Å². The quantitative estimate of drug-likeness (QED) is 0.573. The summed E-state index contributed by atoms with van der Waals surface area (Å²) < 4.78 is 22.3. The lowest BCUT2D eigenvalue weighted by atomic mass is 10.4. The third kappa shape index (κ3) is 2.31. The first kappa shape index (κ1) is 10.3. The highest BCUT2D eigenvalue weighted by Crippen LogP contribution is 2.09. The molecular formula is C6H12N2O4S. The van der Waals surface area contributed by atoms with Gasteiger partial charge < -0.3 is 10.4 Å². The molecule has 1 heterocycles. The van der Waals surface area contributed by atoms with Crippen LogP contribution >= 0.6 is 0 Å². The van der Waals surface area contributed by atoms with E-state index in [1.54, 1.807) is 0 Å². The van der Waals surface area contributed by atoms with Crippen LogP contribution in [0.2, 0.25) is 0 Å². The average molecular weight is 208 g/mol. The minimum absolute atomic E-state index is 0.172. The highest BCUT2D eigenvalue weighted by atomic mass is 32.2. The second-order valence-electron chi connectivity index (χ2n) is 2.96. The summed E-state index contributed by atoms with van der Waals surface area (Å²) >= 11 is 0. The van der Waals surface area contributed by atoms with E-state index >= 15 is 0 Å². The van der Waals surface area contributed by atoms with Crippen LogP contribution < -0.4 is 5.32 Å². The Hall–Kier alpha value is -0.820. The minimum atomic E-state index is -3.34. The molecule has 7 heteroatoms. The Kier molecular flexibility index (Phi) is 2.77. The number of sulfone groups is 1. The number of carbonyl (C=O) groups is 1. The monoisotopic (exact) mass is 208 g/mol. The standard InChI is InChI=1S/C6H12N2O4S/c1-13(11,12)5-4-7-2-3-8(5)6(9)10/h5,7H,2-4H2,1H3,(H,9,10). The van der Waals surface area contributed by atoms with Gasteiger partial charge in [-0.1, -0.05) is 0 Å². The third-order valence-electron chi connectivity index (χ3n) is 1.94. The van der Waals surface area contributed by atoms with E-state index in [1.807, 2.05) is 0 Å². The van der Waals surface area contributed by atoms with Crippen LogP contribution in [0.25, 0.3) is 0 Å². The van der Waals surface area contributed by atoms with Crippen LogP contribution in [0.5, 0.6) is 0 Å². The van der Waals surface area contributed by atoms with Crippen molar-refractivity contribution in [1.82, 2.24) is 10.2 Å². The van der Waals surface area contributed by atoms with E-state index in [9.17, 15) is 13.2 Å². The van der Waals surface area contributed by atoms with E-state index in [1.165, 1.54) is 0 Å². The Balaban J connectivity index is 2.86. The molecule has 13 heavy (non-hydrogen) atoms. The van der Waals surface area contributed by atoms with Gasteiger partial charge in [-0.15, -0.1) is 0 Å². The van der Waals surface area contributed by atoms with Gasteiger partial charge in [-0.05, 0) is 0 Å². The number of carboxylic acid groups (broad SMARTS) is 1. The fraction of sp³-hybridized carbons (Fsp3) is 0.833. The second-order valence-corrected chi connectivity index (χ2v) is 5.17. The zero-order valence-electron chi connectivity index (χ0n) is 7.23. The van der Waals surface area contributed by atoms with Crippen LogP contribution in [0, 0.1) is 0 Å². The maximum Gasteiger partial charge on any atom is 0.408 e. The van der Waals surface area contributed by atoms with Crippen molar-refractivity contribution >= 4 is 15.9 Å². The maximum absolute atomic E-state index is 11.2. The fourth-order valence-electron chi connectivity index (χ4n) is 1.28. The minimum Gasteiger partial charge on any atom is -0.465 e. The number of nitrogens with one attached hydrogen (secondary N) is 1. The molecule has 76 valence electrons. The maximum atomic E-state index is 11.2. The molecule has 1 rings (SSSR count). The Labute approximate surface area is 76.4 Å². The first-order valence-corrected chi connectivity index (χ1v) is 5.77. The third-order valence-corrected chi connectivity index (χ3v) is 3.35. The first-order valence-electron chi connectivity index (χ1n) is 3.82.